The third-order valence-electron chi connectivity index (χ3n) is 3.97. The van der Waals surface area contributed by atoms with E-state index in [9.17, 15) is 5.11 Å². The lowest BCUT2D eigenvalue weighted by Crippen LogP contribution is -2.29. The summed E-state index contributed by atoms with van der Waals surface area (Å²) in [6, 6.07) is 0. The molecule has 1 heterocycles. The normalized spacial score (nSPS) is 23.8. The Hall–Kier alpha value is -1.18. The van der Waals surface area contributed by atoms with Crippen LogP contribution in [0.1, 0.15) is 36.1 Å². The van der Waals surface area contributed by atoms with Crippen molar-refractivity contribution >= 4 is 0 Å². The van der Waals surface area contributed by atoms with Crippen LogP contribution in [0.3, 0.4) is 0 Å². The minimum atomic E-state index is 0.259. The molecule has 0 fully saturated rings. The van der Waals surface area contributed by atoms with Crippen LogP contribution in [0.4, 0.5) is 0 Å². The average molecular weight is 220 g/mol. The van der Waals surface area contributed by atoms with Crippen LogP contribution >= 0.6 is 0 Å². The minimum absolute atomic E-state index is 0.259. The molecule has 0 bridgehead atoms. The van der Waals surface area contributed by atoms with Gasteiger partial charge in [-0.25, -0.2) is 0 Å². The zero-order valence-electron chi connectivity index (χ0n) is 10.7. The third-order valence-corrected chi connectivity index (χ3v) is 3.97. The molecule has 2 atom stereocenters. The molecule has 2 rings (SSSR count). The highest BCUT2D eigenvalue weighted by molar-refractivity contribution is 5.58. The van der Waals surface area contributed by atoms with Crippen LogP contribution in [0.15, 0.2) is 0 Å². The molecular formula is C14H20O2. The van der Waals surface area contributed by atoms with Crippen molar-refractivity contribution in [1.82, 2.24) is 0 Å². The van der Waals surface area contributed by atoms with Gasteiger partial charge in [0.25, 0.3) is 0 Å². The fourth-order valence-corrected chi connectivity index (χ4v) is 2.36. The molecule has 1 N–H and O–H groups in total. The molecule has 1 aromatic carbocycles. The third kappa shape index (κ3) is 1.48. The van der Waals surface area contributed by atoms with Crippen LogP contribution in [0.25, 0.3) is 0 Å². The largest absolute Gasteiger partial charge is 0.507 e. The Morgan fingerprint density at radius 1 is 1.06 bits per heavy atom. The number of benzene rings is 1. The van der Waals surface area contributed by atoms with E-state index >= 15 is 0 Å². The van der Waals surface area contributed by atoms with Crippen LogP contribution < -0.4 is 4.74 Å². The van der Waals surface area contributed by atoms with Crippen molar-refractivity contribution < 1.29 is 9.84 Å². The standard InChI is InChI=1S/C14H20O2/c1-7-6-12-10(4)13(15)8(2)9(3)14(12)16-11(7)5/h7,11,15H,6H2,1-5H3. The van der Waals surface area contributed by atoms with E-state index in [1.54, 1.807) is 0 Å². The summed E-state index contributed by atoms with van der Waals surface area (Å²) in [5, 5.41) is 10.0. The van der Waals surface area contributed by atoms with E-state index in [4.69, 9.17) is 4.74 Å². The predicted molar refractivity (Wildman–Crippen MR) is 65.3 cm³/mol. The van der Waals surface area contributed by atoms with Crippen LogP contribution in [0.2, 0.25) is 0 Å². The second-order valence-corrected chi connectivity index (χ2v) is 5.04. The number of hydrogen-bond donors (Lipinski definition) is 1. The molecule has 2 unspecified atom stereocenters. The first-order valence-electron chi connectivity index (χ1n) is 5.91. The molecule has 1 aliphatic heterocycles. The van der Waals surface area contributed by atoms with Crippen molar-refractivity contribution in [1.29, 1.82) is 0 Å². The van der Waals surface area contributed by atoms with Crippen molar-refractivity contribution in [3.8, 4) is 11.5 Å². The van der Waals surface area contributed by atoms with E-state index in [-0.39, 0.29) is 6.10 Å². The van der Waals surface area contributed by atoms with Crippen LogP contribution in [0.5, 0.6) is 11.5 Å². The number of rotatable bonds is 0. The van der Waals surface area contributed by atoms with Gasteiger partial charge in [-0.05, 0) is 56.7 Å². The van der Waals surface area contributed by atoms with Gasteiger partial charge in [-0.1, -0.05) is 6.92 Å². The van der Waals surface area contributed by atoms with Gasteiger partial charge in [-0.2, -0.15) is 0 Å². The van der Waals surface area contributed by atoms with Gasteiger partial charge >= 0.3 is 0 Å². The lowest BCUT2D eigenvalue weighted by Gasteiger charge is -2.32. The molecule has 1 aromatic rings. The molecule has 0 saturated heterocycles. The quantitative estimate of drug-likeness (QED) is 0.727. The molecule has 0 saturated carbocycles. The van der Waals surface area contributed by atoms with Crippen molar-refractivity contribution in [2.75, 3.05) is 0 Å². The first-order chi connectivity index (χ1) is 7.43. The molecule has 1 aliphatic rings. The molecule has 0 aromatic heterocycles. The van der Waals surface area contributed by atoms with Crippen LogP contribution in [0, 0.1) is 26.7 Å². The monoisotopic (exact) mass is 220 g/mol. The van der Waals surface area contributed by atoms with Crippen molar-refractivity contribution in [3.63, 3.8) is 0 Å². The van der Waals surface area contributed by atoms with Gasteiger partial charge in [0.05, 0.1) is 6.10 Å². The van der Waals surface area contributed by atoms with Gasteiger partial charge in [-0.15, -0.1) is 0 Å². The van der Waals surface area contributed by atoms with E-state index in [1.807, 2.05) is 20.8 Å². The fraction of sp³-hybridized carbons (Fsp3) is 0.571. The Bertz CT molecular complexity index is 394. The van der Waals surface area contributed by atoms with Gasteiger partial charge in [0.2, 0.25) is 0 Å². The summed E-state index contributed by atoms with van der Waals surface area (Å²) in [6.07, 6.45) is 1.26. The lowest BCUT2D eigenvalue weighted by atomic mass is 9.87. The van der Waals surface area contributed by atoms with Gasteiger partial charge in [0.15, 0.2) is 0 Å². The molecule has 0 aliphatic carbocycles. The van der Waals surface area contributed by atoms with E-state index in [0.29, 0.717) is 11.7 Å². The summed E-state index contributed by atoms with van der Waals surface area (Å²) in [4.78, 5) is 0. The summed E-state index contributed by atoms with van der Waals surface area (Å²) < 4.78 is 5.98. The number of aromatic hydroxyl groups is 1. The Morgan fingerprint density at radius 2 is 1.69 bits per heavy atom. The Morgan fingerprint density at radius 3 is 2.31 bits per heavy atom. The minimum Gasteiger partial charge on any atom is -0.507 e. The molecule has 88 valence electrons. The molecule has 0 spiro atoms. The number of ether oxygens (including phenoxy) is 1. The van der Waals surface area contributed by atoms with E-state index in [0.717, 1.165) is 28.9 Å². The first-order valence-corrected chi connectivity index (χ1v) is 5.91. The molecule has 2 heteroatoms. The topological polar surface area (TPSA) is 29.5 Å². The van der Waals surface area contributed by atoms with Crippen molar-refractivity contribution in [2.24, 2.45) is 5.92 Å². The molecule has 0 radical (unpaired) electrons. The summed E-state index contributed by atoms with van der Waals surface area (Å²) in [7, 11) is 0. The van der Waals surface area contributed by atoms with Gasteiger partial charge < -0.3 is 9.84 Å². The Labute approximate surface area is 97.3 Å². The highest BCUT2D eigenvalue weighted by Gasteiger charge is 2.28. The molecular weight excluding hydrogens is 200 g/mol. The van der Waals surface area contributed by atoms with Gasteiger partial charge in [0.1, 0.15) is 11.5 Å². The summed E-state index contributed by atoms with van der Waals surface area (Å²) in [5.41, 5.74) is 4.19. The summed E-state index contributed by atoms with van der Waals surface area (Å²) >= 11 is 0. The smallest absolute Gasteiger partial charge is 0.126 e. The maximum atomic E-state index is 10.0. The Kier molecular flexibility index (Phi) is 2.61. The zero-order valence-corrected chi connectivity index (χ0v) is 10.7. The maximum Gasteiger partial charge on any atom is 0.126 e. The molecule has 16 heavy (non-hydrogen) atoms. The Balaban J connectivity index is 2.64. The maximum absolute atomic E-state index is 10.0. The van der Waals surface area contributed by atoms with E-state index in [1.165, 1.54) is 5.56 Å². The SMILES string of the molecule is Cc1c(C)c2c(c(C)c1O)CC(C)C(C)O2. The highest BCUT2D eigenvalue weighted by Crippen LogP contribution is 2.41. The predicted octanol–water partition coefficient (Wildman–Crippen LogP) is 3.28. The molecule has 0 amide bonds. The summed E-state index contributed by atoms with van der Waals surface area (Å²) in [6.45, 7) is 10.3. The highest BCUT2D eigenvalue weighted by atomic mass is 16.5. The number of phenolic OH excluding ortho intramolecular Hbond substituents is 1. The first kappa shape index (κ1) is 11.3. The summed E-state index contributed by atoms with van der Waals surface area (Å²) in [5.74, 6) is 1.94. The average Bonchev–Trinajstić information content (AvgIpc) is 2.26. The lowest BCUT2D eigenvalue weighted by molar-refractivity contribution is 0.138. The number of fused-ring (bicyclic) bond motifs is 1. The van der Waals surface area contributed by atoms with Gasteiger partial charge in [-0.3, -0.25) is 0 Å². The van der Waals surface area contributed by atoms with E-state index < -0.39 is 0 Å². The second-order valence-electron chi connectivity index (χ2n) is 5.04. The number of phenols is 1. The molecule has 2 nitrogen and oxygen atoms in total. The fourth-order valence-electron chi connectivity index (χ4n) is 2.36. The second kappa shape index (κ2) is 3.69. The van der Waals surface area contributed by atoms with E-state index in [2.05, 4.69) is 13.8 Å². The zero-order chi connectivity index (χ0) is 12.0. The number of hydrogen-bond acceptors (Lipinski definition) is 2. The van der Waals surface area contributed by atoms with Crippen molar-refractivity contribution in [3.05, 3.63) is 22.3 Å². The van der Waals surface area contributed by atoms with Gasteiger partial charge in [0, 0.05) is 5.56 Å². The van der Waals surface area contributed by atoms with Crippen molar-refractivity contribution in [2.45, 2.75) is 47.1 Å². The van der Waals surface area contributed by atoms with Crippen LogP contribution in [-0.2, 0) is 6.42 Å². The van der Waals surface area contributed by atoms with Crippen LogP contribution in [-0.4, -0.2) is 11.2 Å².